The largest absolute Gasteiger partial charge is 0.506 e. The molecule has 9 heteroatoms. The molecule has 0 aliphatic carbocycles. The van der Waals surface area contributed by atoms with Gasteiger partial charge >= 0.3 is 5.69 Å². The van der Waals surface area contributed by atoms with E-state index in [9.17, 15) is 19.8 Å². The topological polar surface area (TPSA) is 135 Å². The maximum atomic E-state index is 12.1. The number of aromatic hydroxyl groups is 2. The third kappa shape index (κ3) is 5.47. The summed E-state index contributed by atoms with van der Waals surface area (Å²) in [4.78, 5) is 38.7. The number of hydrogen-bond acceptors (Lipinski definition) is 7. The molecule has 5 aromatic rings. The lowest BCUT2D eigenvalue weighted by molar-refractivity contribution is 0.439. The fraction of sp³-hybridized carbons (Fsp3) is 0.0667. The average Bonchev–Trinajstić information content (AvgIpc) is 2.92. The number of rotatable bonds is 6. The van der Waals surface area contributed by atoms with Crippen LogP contribution in [0, 0.1) is 0 Å². The van der Waals surface area contributed by atoms with Crippen molar-refractivity contribution in [3.63, 3.8) is 0 Å². The van der Waals surface area contributed by atoms with Gasteiger partial charge in [0.25, 0.3) is 5.56 Å². The molecular weight excluding hydrogens is 494 g/mol. The third-order valence-corrected chi connectivity index (χ3v) is 6.29. The molecule has 0 radical (unpaired) electrons. The Morgan fingerprint density at radius 1 is 0.974 bits per heavy atom. The fourth-order valence-electron chi connectivity index (χ4n) is 4.19. The number of aromatic nitrogens is 3. The van der Waals surface area contributed by atoms with Crippen molar-refractivity contribution in [3.05, 3.63) is 121 Å². The second kappa shape index (κ2) is 10.5. The minimum absolute atomic E-state index is 0.0685. The first-order valence-corrected chi connectivity index (χ1v) is 12.1. The van der Waals surface area contributed by atoms with E-state index in [4.69, 9.17) is 0 Å². The Labute approximate surface area is 222 Å². The first-order valence-electron chi connectivity index (χ1n) is 12.1. The van der Waals surface area contributed by atoms with E-state index < -0.39 is 11.2 Å². The molecule has 0 atom stereocenters. The summed E-state index contributed by atoms with van der Waals surface area (Å²) in [5.74, 6) is -0.352. The van der Waals surface area contributed by atoms with Gasteiger partial charge < -0.3 is 20.1 Å². The van der Waals surface area contributed by atoms with Crippen LogP contribution in [0.4, 0.5) is 11.4 Å². The van der Waals surface area contributed by atoms with Crippen LogP contribution in [0.3, 0.4) is 0 Å². The molecule has 0 unspecified atom stereocenters. The van der Waals surface area contributed by atoms with Crippen molar-refractivity contribution in [3.8, 4) is 11.6 Å². The molecule has 0 spiro atoms. The molecule has 0 saturated carbocycles. The Morgan fingerprint density at radius 3 is 2.41 bits per heavy atom. The molecular formula is C30H25N5O4. The second-order valence-corrected chi connectivity index (χ2v) is 9.03. The van der Waals surface area contributed by atoms with Gasteiger partial charge in [0, 0.05) is 36.2 Å². The number of anilines is 1. The van der Waals surface area contributed by atoms with Gasteiger partial charge in [-0.2, -0.15) is 0 Å². The van der Waals surface area contributed by atoms with Crippen LogP contribution >= 0.6 is 0 Å². The number of fused-ring (bicyclic) bond motifs is 1. The molecule has 3 aromatic carbocycles. The van der Waals surface area contributed by atoms with E-state index in [0.29, 0.717) is 28.4 Å². The predicted octanol–water partition coefficient (Wildman–Crippen LogP) is 2.65. The molecule has 9 nitrogen and oxygen atoms in total. The van der Waals surface area contributed by atoms with Gasteiger partial charge in [0.05, 0.1) is 22.0 Å². The van der Waals surface area contributed by atoms with E-state index >= 15 is 0 Å². The first-order chi connectivity index (χ1) is 18.8. The molecule has 2 aromatic heterocycles. The third-order valence-electron chi connectivity index (χ3n) is 6.29. The number of hydrogen-bond donors (Lipinski definition) is 4. The van der Waals surface area contributed by atoms with Crippen LogP contribution in [0.2, 0.25) is 0 Å². The summed E-state index contributed by atoms with van der Waals surface area (Å²) in [5.41, 5.74) is 3.10. The van der Waals surface area contributed by atoms with Crippen molar-refractivity contribution in [2.45, 2.75) is 6.54 Å². The molecule has 194 valence electrons. The molecule has 0 amide bonds. The van der Waals surface area contributed by atoms with E-state index in [1.807, 2.05) is 55.6 Å². The number of H-pyrrole nitrogens is 2. The number of benzene rings is 3. The van der Waals surface area contributed by atoms with Gasteiger partial charge in [-0.3, -0.25) is 14.8 Å². The second-order valence-electron chi connectivity index (χ2n) is 9.03. The molecule has 2 heterocycles. The fourth-order valence-corrected chi connectivity index (χ4v) is 4.19. The summed E-state index contributed by atoms with van der Waals surface area (Å²) in [6.45, 7) is 4.38. The highest BCUT2D eigenvalue weighted by Gasteiger charge is 2.12. The summed E-state index contributed by atoms with van der Waals surface area (Å²) in [7, 11) is 1.98. The van der Waals surface area contributed by atoms with Crippen LogP contribution < -0.4 is 26.7 Å². The van der Waals surface area contributed by atoms with E-state index in [1.54, 1.807) is 30.3 Å². The Hall–Kier alpha value is -5.44. The smallest absolute Gasteiger partial charge is 0.326 e. The van der Waals surface area contributed by atoms with Gasteiger partial charge in [-0.1, -0.05) is 43.0 Å². The molecule has 0 fully saturated rings. The lowest BCUT2D eigenvalue weighted by Crippen LogP contribution is -2.47. The molecule has 0 bridgehead atoms. The summed E-state index contributed by atoms with van der Waals surface area (Å²) in [5, 5.41) is 21.9. The van der Waals surface area contributed by atoms with Crippen LogP contribution in [-0.4, -0.2) is 38.4 Å². The summed E-state index contributed by atoms with van der Waals surface area (Å²) >= 11 is 0. The monoisotopic (exact) mass is 519 g/mol. The standard InChI is InChI=1S/C30H25N5O4/c1-18-24(28(37)34-30(39)32-18)15-19-9-13-22(14-10-19)35(2)17-20-7-11-21(12-8-20)31-16-25-27(36)23-5-3-4-6-26(23)33-29(25)38/h3-16H,1,17H2,2H3,(H2,33,36,38)(H2,32,34,37,39)/b24-15-,31-16+. The van der Waals surface area contributed by atoms with Crippen LogP contribution in [-0.2, 0) is 6.54 Å². The van der Waals surface area contributed by atoms with Gasteiger partial charge in [0.1, 0.15) is 5.75 Å². The Balaban J connectivity index is 1.28. The van der Waals surface area contributed by atoms with E-state index in [0.717, 1.165) is 16.8 Å². The Bertz CT molecular complexity index is 1890. The first kappa shape index (κ1) is 25.2. The summed E-state index contributed by atoms with van der Waals surface area (Å²) in [6, 6.07) is 22.3. The van der Waals surface area contributed by atoms with Crippen molar-refractivity contribution in [2.75, 3.05) is 11.9 Å². The van der Waals surface area contributed by atoms with Crippen LogP contribution in [0.5, 0.6) is 11.6 Å². The van der Waals surface area contributed by atoms with Crippen LogP contribution in [0.25, 0.3) is 23.6 Å². The van der Waals surface area contributed by atoms with Crippen molar-refractivity contribution >= 4 is 41.1 Å². The van der Waals surface area contributed by atoms with Gasteiger partial charge in [0.15, 0.2) is 0 Å². The quantitative estimate of drug-likeness (QED) is 0.255. The van der Waals surface area contributed by atoms with Crippen LogP contribution in [0.1, 0.15) is 16.7 Å². The van der Waals surface area contributed by atoms with Crippen molar-refractivity contribution in [1.29, 1.82) is 0 Å². The van der Waals surface area contributed by atoms with Gasteiger partial charge in [-0.25, -0.2) is 9.78 Å². The maximum absolute atomic E-state index is 12.1. The van der Waals surface area contributed by atoms with Gasteiger partial charge in [0.2, 0.25) is 5.88 Å². The zero-order valence-electron chi connectivity index (χ0n) is 21.0. The summed E-state index contributed by atoms with van der Waals surface area (Å²) in [6.07, 6.45) is 3.08. The number of nitrogens with zero attached hydrogens (tertiary/aromatic N) is 3. The lowest BCUT2D eigenvalue weighted by atomic mass is 10.1. The van der Waals surface area contributed by atoms with E-state index in [2.05, 4.69) is 31.4 Å². The maximum Gasteiger partial charge on any atom is 0.326 e. The van der Waals surface area contributed by atoms with Crippen LogP contribution in [0.15, 0.2) is 87.4 Å². The molecule has 0 aliphatic heterocycles. The zero-order valence-corrected chi connectivity index (χ0v) is 21.0. The van der Waals surface area contributed by atoms with E-state index in [1.165, 1.54) is 6.21 Å². The van der Waals surface area contributed by atoms with E-state index in [-0.39, 0.29) is 22.5 Å². The molecule has 0 saturated heterocycles. The predicted molar refractivity (Wildman–Crippen MR) is 153 cm³/mol. The SMILES string of the molecule is C=c1[nH]c(=O)[nH]c(=O)/c1=C\c1ccc(N(C)Cc2ccc(/N=C/c3c(O)nc4ccccc4c3O)cc2)cc1. The van der Waals surface area contributed by atoms with Gasteiger partial charge in [-0.15, -0.1) is 0 Å². The molecule has 4 N–H and O–H groups in total. The number of nitrogens with one attached hydrogen (secondary N) is 2. The van der Waals surface area contributed by atoms with Crippen molar-refractivity contribution < 1.29 is 10.2 Å². The zero-order chi connectivity index (χ0) is 27.5. The Morgan fingerprint density at radius 2 is 1.69 bits per heavy atom. The summed E-state index contributed by atoms with van der Waals surface area (Å²) < 4.78 is 0. The van der Waals surface area contributed by atoms with Crippen molar-refractivity contribution in [1.82, 2.24) is 15.0 Å². The number of aromatic amines is 2. The molecule has 5 rings (SSSR count). The van der Waals surface area contributed by atoms with Crippen molar-refractivity contribution in [2.24, 2.45) is 4.99 Å². The number of aliphatic imine (C=N–C) groups is 1. The normalized spacial score (nSPS) is 11.9. The molecule has 39 heavy (non-hydrogen) atoms. The number of para-hydroxylation sites is 1. The minimum atomic E-state index is -0.584. The lowest BCUT2D eigenvalue weighted by Gasteiger charge is -2.19. The Kier molecular flexibility index (Phi) is 6.79. The highest BCUT2D eigenvalue weighted by Crippen LogP contribution is 2.32. The average molecular weight is 520 g/mol. The molecule has 0 aliphatic rings. The minimum Gasteiger partial charge on any atom is -0.506 e. The highest BCUT2D eigenvalue weighted by atomic mass is 16.3. The highest BCUT2D eigenvalue weighted by molar-refractivity contribution is 5.97. The number of pyridine rings is 1. The van der Waals surface area contributed by atoms with Gasteiger partial charge in [-0.05, 0) is 53.6 Å².